The average molecular weight is 261 g/mol. The summed E-state index contributed by atoms with van der Waals surface area (Å²) in [6, 6.07) is 5.42. The first kappa shape index (κ1) is 15.0. The number of aryl methyl sites for hydroxylation is 2. The minimum absolute atomic E-state index is 0.0972. The van der Waals surface area contributed by atoms with E-state index in [1.54, 1.807) is 0 Å². The normalized spacial score (nSPS) is 13.7. The molecule has 1 unspecified atom stereocenters. The van der Waals surface area contributed by atoms with Gasteiger partial charge in [0.2, 0.25) is 0 Å². The molecular weight excluding hydrogens is 243 g/mol. The summed E-state index contributed by atoms with van der Waals surface area (Å²) in [6.45, 7) is 3.65. The number of ether oxygens (including phenoxy) is 1. The highest BCUT2D eigenvalue weighted by Crippen LogP contribution is 2.20. The van der Waals surface area contributed by atoms with Crippen LogP contribution in [-0.2, 0) is 4.74 Å². The molecule has 0 aliphatic rings. The minimum atomic E-state index is -4.18. The monoisotopic (exact) mass is 261 g/mol. The average Bonchev–Trinajstić information content (AvgIpc) is 2.22. The Kier molecular flexibility index (Phi) is 5.16. The molecule has 0 aromatic heterocycles. The van der Waals surface area contributed by atoms with Gasteiger partial charge in [0.05, 0.1) is 25.7 Å². The number of hydrogen-bond donors (Lipinski definition) is 1. The lowest BCUT2D eigenvalue weighted by atomic mass is 10.0. The van der Waals surface area contributed by atoms with Crippen LogP contribution in [0.25, 0.3) is 0 Å². The van der Waals surface area contributed by atoms with Crippen molar-refractivity contribution in [2.45, 2.75) is 32.5 Å². The van der Waals surface area contributed by atoms with Crippen LogP contribution in [0.1, 0.15) is 29.2 Å². The van der Waals surface area contributed by atoms with E-state index in [4.69, 9.17) is 10.5 Å². The number of benzene rings is 1. The Morgan fingerprint density at radius 2 is 1.94 bits per heavy atom. The maximum Gasteiger partial charge on any atom is 0.391 e. The van der Waals surface area contributed by atoms with Crippen LogP contribution in [0.4, 0.5) is 13.2 Å². The van der Waals surface area contributed by atoms with Crippen LogP contribution in [0, 0.1) is 13.8 Å². The van der Waals surface area contributed by atoms with Crippen LogP contribution in [0.15, 0.2) is 18.2 Å². The number of alkyl halides is 3. The largest absolute Gasteiger partial charge is 0.391 e. The van der Waals surface area contributed by atoms with Crippen molar-refractivity contribution in [3.05, 3.63) is 34.9 Å². The van der Waals surface area contributed by atoms with Gasteiger partial charge in [-0.3, -0.25) is 0 Å². The zero-order valence-corrected chi connectivity index (χ0v) is 10.6. The van der Waals surface area contributed by atoms with Crippen molar-refractivity contribution >= 4 is 0 Å². The molecule has 0 aliphatic heterocycles. The first-order valence-electron chi connectivity index (χ1n) is 5.77. The topological polar surface area (TPSA) is 35.2 Å². The molecule has 0 saturated heterocycles. The fourth-order valence-electron chi connectivity index (χ4n) is 1.73. The van der Waals surface area contributed by atoms with E-state index in [9.17, 15) is 13.2 Å². The Bertz CT molecular complexity index is 390. The van der Waals surface area contributed by atoms with Crippen molar-refractivity contribution < 1.29 is 17.9 Å². The summed E-state index contributed by atoms with van der Waals surface area (Å²) in [5, 5.41) is 0. The summed E-state index contributed by atoms with van der Waals surface area (Å²) in [5.74, 6) is 0. The van der Waals surface area contributed by atoms with Gasteiger partial charge in [0, 0.05) is 0 Å². The van der Waals surface area contributed by atoms with Gasteiger partial charge < -0.3 is 10.5 Å². The molecule has 0 fully saturated rings. The summed E-state index contributed by atoms with van der Waals surface area (Å²) >= 11 is 0. The summed E-state index contributed by atoms with van der Waals surface area (Å²) in [7, 11) is 0. The van der Waals surface area contributed by atoms with Gasteiger partial charge in [-0.15, -0.1) is 0 Å². The van der Waals surface area contributed by atoms with Gasteiger partial charge in [0.15, 0.2) is 0 Å². The maximum absolute atomic E-state index is 11.9. The van der Waals surface area contributed by atoms with Crippen molar-refractivity contribution in [2.75, 3.05) is 13.2 Å². The molecule has 18 heavy (non-hydrogen) atoms. The zero-order chi connectivity index (χ0) is 13.8. The highest BCUT2D eigenvalue weighted by molar-refractivity contribution is 5.32. The van der Waals surface area contributed by atoms with Gasteiger partial charge in [-0.1, -0.05) is 23.8 Å². The minimum Gasteiger partial charge on any atom is -0.379 e. The van der Waals surface area contributed by atoms with Crippen molar-refractivity contribution in [3.8, 4) is 0 Å². The van der Waals surface area contributed by atoms with Gasteiger partial charge >= 0.3 is 6.18 Å². The van der Waals surface area contributed by atoms with E-state index >= 15 is 0 Å². The van der Waals surface area contributed by atoms with Crippen LogP contribution in [0.3, 0.4) is 0 Å². The molecule has 1 aromatic rings. The zero-order valence-electron chi connectivity index (χ0n) is 10.6. The molecular formula is C13H18F3NO. The molecule has 0 heterocycles. The van der Waals surface area contributed by atoms with Crippen molar-refractivity contribution in [2.24, 2.45) is 5.73 Å². The van der Waals surface area contributed by atoms with Crippen LogP contribution in [0.5, 0.6) is 0 Å². The Morgan fingerprint density at radius 3 is 2.50 bits per heavy atom. The number of nitrogens with two attached hydrogens (primary N) is 1. The van der Waals surface area contributed by atoms with Gasteiger partial charge in [-0.2, -0.15) is 13.2 Å². The lowest BCUT2D eigenvalue weighted by Gasteiger charge is -2.16. The smallest absolute Gasteiger partial charge is 0.379 e. The molecule has 2 N–H and O–H groups in total. The van der Waals surface area contributed by atoms with E-state index in [1.165, 1.54) is 0 Å². The van der Waals surface area contributed by atoms with Gasteiger partial charge in [0.25, 0.3) is 0 Å². The first-order valence-corrected chi connectivity index (χ1v) is 5.77. The molecule has 0 amide bonds. The molecule has 0 radical (unpaired) electrons. The Morgan fingerprint density at radius 1 is 1.28 bits per heavy atom. The Balaban J connectivity index is 2.43. The second-order valence-corrected chi connectivity index (χ2v) is 4.41. The van der Waals surface area contributed by atoms with E-state index < -0.39 is 12.6 Å². The van der Waals surface area contributed by atoms with Crippen molar-refractivity contribution in [1.29, 1.82) is 0 Å². The van der Waals surface area contributed by atoms with Crippen LogP contribution >= 0.6 is 0 Å². The standard InChI is InChI=1S/C13H18F3NO/c1-9-3-4-11(10(2)7-9)12(17)8-18-6-5-13(14,15)16/h3-4,7,12H,5-6,8,17H2,1-2H3. The summed E-state index contributed by atoms with van der Waals surface area (Å²) < 4.78 is 40.7. The third-order valence-corrected chi connectivity index (χ3v) is 2.65. The highest BCUT2D eigenvalue weighted by atomic mass is 19.4. The lowest BCUT2D eigenvalue weighted by Crippen LogP contribution is -2.20. The van der Waals surface area contributed by atoms with E-state index in [0.717, 1.165) is 16.7 Å². The Labute approximate surface area is 105 Å². The van der Waals surface area contributed by atoms with E-state index in [1.807, 2.05) is 32.0 Å². The lowest BCUT2D eigenvalue weighted by molar-refractivity contribution is -0.145. The third kappa shape index (κ3) is 5.06. The quantitative estimate of drug-likeness (QED) is 0.826. The second-order valence-electron chi connectivity index (χ2n) is 4.41. The van der Waals surface area contributed by atoms with Crippen LogP contribution < -0.4 is 5.73 Å². The second kappa shape index (κ2) is 6.20. The molecule has 0 spiro atoms. The first-order chi connectivity index (χ1) is 8.29. The molecule has 1 atom stereocenters. The fraction of sp³-hybridized carbons (Fsp3) is 0.538. The molecule has 5 heteroatoms. The Hall–Kier alpha value is -1.07. The number of hydrogen-bond acceptors (Lipinski definition) is 2. The fourth-order valence-corrected chi connectivity index (χ4v) is 1.73. The highest BCUT2D eigenvalue weighted by Gasteiger charge is 2.26. The molecule has 102 valence electrons. The van der Waals surface area contributed by atoms with E-state index in [0.29, 0.717) is 0 Å². The van der Waals surface area contributed by atoms with Gasteiger partial charge in [0.1, 0.15) is 0 Å². The molecule has 0 aliphatic carbocycles. The molecule has 0 bridgehead atoms. The summed E-state index contributed by atoms with van der Waals surface area (Å²) in [6.07, 6.45) is -5.11. The summed E-state index contributed by atoms with van der Waals surface area (Å²) in [4.78, 5) is 0. The van der Waals surface area contributed by atoms with Crippen molar-refractivity contribution in [3.63, 3.8) is 0 Å². The predicted molar refractivity (Wildman–Crippen MR) is 64.3 cm³/mol. The predicted octanol–water partition coefficient (Wildman–Crippen LogP) is 3.27. The number of halogens is 3. The molecule has 0 saturated carbocycles. The SMILES string of the molecule is Cc1ccc(C(N)COCCC(F)(F)F)c(C)c1. The maximum atomic E-state index is 11.9. The van der Waals surface area contributed by atoms with E-state index in [2.05, 4.69) is 0 Å². The van der Waals surface area contributed by atoms with Crippen molar-refractivity contribution in [1.82, 2.24) is 0 Å². The van der Waals surface area contributed by atoms with E-state index in [-0.39, 0.29) is 19.3 Å². The number of rotatable bonds is 5. The van der Waals surface area contributed by atoms with Crippen LogP contribution in [-0.4, -0.2) is 19.4 Å². The molecule has 1 rings (SSSR count). The summed E-state index contributed by atoms with van der Waals surface area (Å²) in [5.41, 5.74) is 8.96. The van der Waals surface area contributed by atoms with Gasteiger partial charge in [-0.25, -0.2) is 0 Å². The van der Waals surface area contributed by atoms with Crippen LogP contribution in [0.2, 0.25) is 0 Å². The molecule has 1 aromatic carbocycles. The third-order valence-electron chi connectivity index (χ3n) is 2.65. The van der Waals surface area contributed by atoms with Gasteiger partial charge in [-0.05, 0) is 25.0 Å². The molecule has 2 nitrogen and oxygen atoms in total.